The van der Waals surface area contributed by atoms with E-state index >= 15 is 0 Å². The number of carbonyl (C=O) groups excluding carboxylic acids is 1. The molecule has 0 aliphatic heterocycles. The number of carbonyl (C=O) groups is 1. The molecule has 2 aromatic carbocycles. The number of aliphatic carboxylic acids is 1. The number of nitrogens with zero attached hydrogens (tertiary/aromatic N) is 1. The summed E-state index contributed by atoms with van der Waals surface area (Å²) in [5.74, 6) is -1.27. The fourth-order valence-electron chi connectivity index (χ4n) is 2.26. The van der Waals surface area contributed by atoms with E-state index in [2.05, 4.69) is 4.98 Å². The van der Waals surface area contributed by atoms with E-state index in [1.54, 1.807) is 30.5 Å². The van der Waals surface area contributed by atoms with Crippen molar-refractivity contribution in [3.63, 3.8) is 0 Å². The Morgan fingerprint density at radius 2 is 2.04 bits per heavy atom. The predicted molar refractivity (Wildman–Crippen MR) is 96.8 cm³/mol. The molecule has 0 saturated heterocycles. The number of carboxylic acid groups (broad SMARTS) is 1. The van der Waals surface area contributed by atoms with Gasteiger partial charge in [-0.05, 0) is 23.8 Å². The van der Waals surface area contributed by atoms with Gasteiger partial charge in [0.15, 0.2) is 0 Å². The van der Waals surface area contributed by atoms with Crippen LogP contribution in [0.15, 0.2) is 53.9 Å². The summed E-state index contributed by atoms with van der Waals surface area (Å²) in [6.07, 6.45) is 0. The molecule has 0 saturated carbocycles. The Labute approximate surface area is 154 Å². The maximum Gasteiger partial charge on any atom is 0.130 e. The van der Waals surface area contributed by atoms with Crippen LogP contribution in [0.1, 0.15) is 24.1 Å². The molecule has 1 atom stereocenters. The van der Waals surface area contributed by atoms with Crippen LogP contribution in [0.4, 0.5) is 0 Å². The summed E-state index contributed by atoms with van der Waals surface area (Å²) in [4.78, 5) is 15.5. The van der Waals surface area contributed by atoms with Gasteiger partial charge in [0.25, 0.3) is 0 Å². The Bertz CT molecular complexity index is 879. The van der Waals surface area contributed by atoms with Crippen molar-refractivity contribution < 1.29 is 14.6 Å². The van der Waals surface area contributed by atoms with Crippen LogP contribution in [0.5, 0.6) is 5.75 Å². The molecule has 4 nitrogen and oxygen atoms in total. The van der Waals surface area contributed by atoms with E-state index < -0.39 is 11.9 Å². The third-order valence-electron chi connectivity index (χ3n) is 3.73. The fourth-order valence-corrected chi connectivity index (χ4v) is 3.37. The first kappa shape index (κ1) is 17.5. The monoisotopic (exact) mass is 372 g/mol. The zero-order valence-electron chi connectivity index (χ0n) is 13.4. The summed E-state index contributed by atoms with van der Waals surface area (Å²) >= 11 is 7.47. The molecule has 0 bridgehead atoms. The van der Waals surface area contributed by atoms with Crippen LogP contribution in [0, 0.1) is 0 Å². The first-order valence-electron chi connectivity index (χ1n) is 7.67. The van der Waals surface area contributed by atoms with Crippen LogP contribution in [0.3, 0.4) is 0 Å². The molecule has 0 spiro atoms. The molecule has 6 heteroatoms. The van der Waals surface area contributed by atoms with Crippen LogP contribution in [-0.4, -0.2) is 11.0 Å². The normalized spacial score (nSPS) is 11.9. The van der Waals surface area contributed by atoms with E-state index in [4.69, 9.17) is 16.3 Å². The van der Waals surface area contributed by atoms with E-state index in [1.165, 1.54) is 11.3 Å². The Kier molecular flexibility index (Phi) is 5.36. The van der Waals surface area contributed by atoms with Crippen LogP contribution < -0.4 is 9.84 Å². The summed E-state index contributed by atoms with van der Waals surface area (Å²) in [5, 5.41) is 14.0. The van der Waals surface area contributed by atoms with Crippen LogP contribution in [0.25, 0.3) is 10.6 Å². The summed E-state index contributed by atoms with van der Waals surface area (Å²) < 4.78 is 5.93. The molecule has 3 rings (SSSR count). The molecular formula is C19H15ClNO3S-. The molecule has 1 aromatic heterocycles. The van der Waals surface area contributed by atoms with Gasteiger partial charge in [-0.2, -0.15) is 0 Å². The topological polar surface area (TPSA) is 62.2 Å². The van der Waals surface area contributed by atoms with Crippen molar-refractivity contribution in [1.29, 1.82) is 0 Å². The van der Waals surface area contributed by atoms with Gasteiger partial charge in [0, 0.05) is 16.3 Å². The highest BCUT2D eigenvalue weighted by atomic mass is 35.5. The summed E-state index contributed by atoms with van der Waals surface area (Å²) in [7, 11) is 0. The molecule has 0 radical (unpaired) electrons. The van der Waals surface area contributed by atoms with Gasteiger partial charge < -0.3 is 14.6 Å². The number of benzene rings is 2. The van der Waals surface area contributed by atoms with Crippen LogP contribution >= 0.6 is 22.9 Å². The largest absolute Gasteiger partial charge is 0.549 e. The van der Waals surface area contributed by atoms with Crippen molar-refractivity contribution >= 4 is 28.9 Å². The third kappa shape index (κ3) is 4.18. The van der Waals surface area contributed by atoms with Crippen molar-refractivity contribution in [2.45, 2.75) is 19.4 Å². The first-order chi connectivity index (χ1) is 12.0. The lowest BCUT2D eigenvalue weighted by Gasteiger charge is -2.11. The number of hydrogen-bond acceptors (Lipinski definition) is 5. The van der Waals surface area contributed by atoms with Gasteiger partial charge in [-0.25, -0.2) is 4.98 Å². The number of hydrogen-bond donors (Lipinski definition) is 0. The predicted octanol–water partition coefficient (Wildman–Crippen LogP) is 3.90. The van der Waals surface area contributed by atoms with Gasteiger partial charge in [0.05, 0.1) is 17.2 Å². The molecule has 3 aromatic rings. The van der Waals surface area contributed by atoms with Gasteiger partial charge in [-0.15, -0.1) is 11.3 Å². The molecule has 0 N–H and O–H groups in total. The van der Waals surface area contributed by atoms with E-state index in [9.17, 15) is 9.90 Å². The molecule has 0 fully saturated rings. The Morgan fingerprint density at radius 1 is 1.28 bits per heavy atom. The van der Waals surface area contributed by atoms with Gasteiger partial charge >= 0.3 is 0 Å². The van der Waals surface area contributed by atoms with E-state index in [0.717, 1.165) is 11.1 Å². The highest BCUT2D eigenvalue weighted by Crippen LogP contribution is 2.36. The maximum absolute atomic E-state index is 11.0. The average molecular weight is 373 g/mol. The quantitative estimate of drug-likeness (QED) is 0.658. The van der Waals surface area contributed by atoms with Crippen molar-refractivity contribution in [1.82, 2.24) is 4.98 Å². The lowest BCUT2D eigenvalue weighted by molar-refractivity contribution is -0.307. The maximum atomic E-state index is 11.0. The minimum Gasteiger partial charge on any atom is -0.549 e. The first-order valence-corrected chi connectivity index (χ1v) is 8.93. The summed E-state index contributed by atoms with van der Waals surface area (Å²) in [6.45, 7) is 1.97. The summed E-state index contributed by atoms with van der Waals surface area (Å²) in [6, 6.07) is 15.2. The number of thiazole rings is 1. The smallest absolute Gasteiger partial charge is 0.130 e. The molecule has 0 aliphatic rings. The minimum atomic E-state index is -1.15. The number of ether oxygens (including phenoxy) is 1. The Balaban J connectivity index is 1.88. The van der Waals surface area contributed by atoms with E-state index in [0.29, 0.717) is 28.1 Å². The molecule has 1 heterocycles. The second-order valence-corrected chi connectivity index (χ2v) is 6.83. The van der Waals surface area contributed by atoms with Crippen molar-refractivity contribution in [3.05, 3.63) is 70.2 Å². The lowest BCUT2D eigenvalue weighted by atomic mass is 10.1. The Morgan fingerprint density at radius 3 is 2.76 bits per heavy atom. The average Bonchev–Trinajstić information content (AvgIpc) is 3.10. The van der Waals surface area contributed by atoms with Crippen LogP contribution in [0.2, 0.25) is 5.02 Å². The highest BCUT2D eigenvalue weighted by molar-refractivity contribution is 7.13. The standard InChI is InChI=1S/C19H16ClNO3S/c1-12(19(22)23)16-11-25-18(21-16)15-9-14(20)7-8-17(15)24-10-13-5-3-2-4-6-13/h2-9,11-12H,10H2,1H3,(H,22,23)/p-1. The number of aromatic nitrogens is 1. The fraction of sp³-hybridized carbons (Fsp3) is 0.158. The second-order valence-electron chi connectivity index (χ2n) is 5.53. The van der Waals surface area contributed by atoms with Gasteiger partial charge in [0.2, 0.25) is 0 Å². The van der Waals surface area contributed by atoms with Crippen molar-refractivity contribution in [3.8, 4) is 16.3 Å². The van der Waals surface area contributed by atoms with Gasteiger partial charge in [-0.1, -0.05) is 48.9 Å². The van der Waals surface area contributed by atoms with Crippen molar-refractivity contribution in [2.24, 2.45) is 0 Å². The summed E-state index contributed by atoms with van der Waals surface area (Å²) in [5.41, 5.74) is 2.26. The zero-order valence-corrected chi connectivity index (χ0v) is 15.0. The van der Waals surface area contributed by atoms with Crippen LogP contribution in [-0.2, 0) is 11.4 Å². The van der Waals surface area contributed by atoms with Gasteiger partial charge in [-0.3, -0.25) is 0 Å². The zero-order chi connectivity index (χ0) is 17.8. The number of rotatable bonds is 6. The van der Waals surface area contributed by atoms with E-state index in [-0.39, 0.29) is 0 Å². The van der Waals surface area contributed by atoms with Gasteiger partial charge in [0.1, 0.15) is 17.4 Å². The molecule has 25 heavy (non-hydrogen) atoms. The number of carboxylic acids is 1. The second kappa shape index (κ2) is 7.68. The van der Waals surface area contributed by atoms with Crippen molar-refractivity contribution in [2.75, 3.05) is 0 Å². The molecule has 1 unspecified atom stereocenters. The Hall–Kier alpha value is -2.37. The van der Waals surface area contributed by atoms with E-state index in [1.807, 2.05) is 30.3 Å². The molecular weight excluding hydrogens is 358 g/mol. The highest BCUT2D eigenvalue weighted by Gasteiger charge is 2.15. The lowest BCUT2D eigenvalue weighted by Crippen LogP contribution is -2.28. The third-order valence-corrected chi connectivity index (χ3v) is 4.86. The SMILES string of the molecule is CC(C(=O)[O-])c1csc(-c2cc(Cl)ccc2OCc2ccccc2)n1. The molecule has 0 aliphatic carbocycles. The minimum absolute atomic E-state index is 0.420. The number of halogens is 1. The molecule has 128 valence electrons. The molecule has 0 amide bonds.